The molecule has 5 heteroatoms. The van der Waals surface area contributed by atoms with Gasteiger partial charge in [0.2, 0.25) is 0 Å². The van der Waals surface area contributed by atoms with Crippen LogP contribution in [0.2, 0.25) is 0 Å². The number of likely N-dealkylation sites (N-methyl/N-ethyl adjacent to an activating group) is 1. The van der Waals surface area contributed by atoms with E-state index in [1.807, 2.05) is 6.07 Å². The second kappa shape index (κ2) is 4.52. The summed E-state index contributed by atoms with van der Waals surface area (Å²) in [5.74, 6) is -1.56. The summed E-state index contributed by atoms with van der Waals surface area (Å²) in [6.07, 6.45) is 0. The lowest BCUT2D eigenvalue weighted by Crippen LogP contribution is -2.38. The molecule has 1 N–H and O–H groups in total. The summed E-state index contributed by atoms with van der Waals surface area (Å²) in [5.41, 5.74) is 0.915. The first-order valence-electron chi connectivity index (χ1n) is 5.41. The van der Waals surface area contributed by atoms with E-state index in [0.29, 0.717) is 5.56 Å². The molecular weight excluding hydrogens is 234 g/mol. The Labute approximate surface area is 104 Å². The molecule has 1 aromatic carbocycles. The first kappa shape index (κ1) is 12.2. The van der Waals surface area contributed by atoms with Gasteiger partial charge in [0.05, 0.1) is 7.11 Å². The van der Waals surface area contributed by atoms with Gasteiger partial charge in [0.1, 0.15) is 0 Å². The number of amides is 1. The van der Waals surface area contributed by atoms with Gasteiger partial charge in [-0.3, -0.25) is 4.79 Å². The highest BCUT2D eigenvalue weighted by Crippen LogP contribution is 2.32. The highest BCUT2D eigenvalue weighted by atomic mass is 16.5. The van der Waals surface area contributed by atoms with Crippen LogP contribution < -0.4 is 0 Å². The van der Waals surface area contributed by atoms with Crippen LogP contribution in [0.3, 0.4) is 0 Å². The maximum Gasteiger partial charge on any atom is 0.333 e. The Morgan fingerprint density at radius 1 is 1.33 bits per heavy atom. The Balaban J connectivity index is 2.53. The Kier molecular flexibility index (Phi) is 3.06. The molecule has 2 rings (SSSR count). The van der Waals surface area contributed by atoms with Crippen molar-refractivity contribution in [3.63, 3.8) is 0 Å². The number of rotatable bonds is 2. The van der Waals surface area contributed by atoms with E-state index in [-0.39, 0.29) is 5.57 Å². The molecule has 0 saturated carbocycles. The summed E-state index contributed by atoms with van der Waals surface area (Å²) in [5, 5.41) is 9.88. The van der Waals surface area contributed by atoms with Crippen LogP contribution in [0.5, 0.6) is 0 Å². The topological polar surface area (TPSA) is 66.8 Å². The van der Waals surface area contributed by atoms with Crippen LogP contribution in [0.4, 0.5) is 0 Å². The van der Waals surface area contributed by atoms with Gasteiger partial charge in [0.15, 0.2) is 11.8 Å². The maximum absolute atomic E-state index is 11.7. The molecule has 0 aromatic heterocycles. The largest absolute Gasteiger partial charge is 0.503 e. The number of esters is 1. The van der Waals surface area contributed by atoms with E-state index in [2.05, 4.69) is 4.74 Å². The van der Waals surface area contributed by atoms with Crippen molar-refractivity contribution >= 4 is 17.4 Å². The number of methoxy groups -OCH3 is 1. The monoisotopic (exact) mass is 247 g/mol. The Hall–Kier alpha value is -2.30. The van der Waals surface area contributed by atoms with Crippen molar-refractivity contribution in [2.75, 3.05) is 14.2 Å². The Morgan fingerprint density at radius 3 is 2.50 bits per heavy atom. The molecule has 0 spiro atoms. The molecule has 0 bridgehead atoms. The molecule has 0 radical (unpaired) electrons. The van der Waals surface area contributed by atoms with Gasteiger partial charge in [0.25, 0.3) is 5.91 Å². The SMILES string of the molecule is COC(=O)[C@@H]1C(c2ccccc2)=C(O)C(=O)N1C. The van der Waals surface area contributed by atoms with Gasteiger partial charge < -0.3 is 14.7 Å². The first-order valence-corrected chi connectivity index (χ1v) is 5.41. The fraction of sp³-hybridized carbons (Fsp3) is 0.231. The summed E-state index contributed by atoms with van der Waals surface area (Å²) in [7, 11) is 2.70. The predicted octanol–water partition coefficient (Wildman–Crippen LogP) is 0.969. The number of hydrogen-bond donors (Lipinski definition) is 1. The predicted molar refractivity (Wildman–Crippen MR) is 64.6 cm³/mol. The molecule has 5 nitrogen and oxygen atoms in total. The number of benzene rings is 1. The smallest absolute Gasteiger partial charge is 0.333 e. The van der Waals surface area contributed by atoms with E-state index >= 15 is 0 Å². The molecule has 0 aliphatic carbocycles. The number of hydrogen-bond acceptors (Lipinski definition) is 4. The minimum absolute atomic E-state index is 0.287. The molecule has 94 valence electrons. The molecule has 0 saturated heterocycles. The van der Waals surface area contributed by atoms with Gasteiger partial charge in [-0.05, 0) is 5.56 Å². The zero-order valence-electron chi connectivity index (χ0n) is 10.1. The fourth-order valence-electron chi connectivity index (χ4n) is 2.02. The van der Waals surface area contributed by atoms with Gasteiger partial charge in [-0.1, -0.05) is 30.3 Å². The number of aliphatic hydroxyl groups is 1. The van der Waals surface area contributed by atoms with Crippen LogP contribution in [-0.4, -0.2) is 42.1 Å². The normalized spacial score (nSPS) is 19.3. The highest BCUT2D eigenvalue weighted by Gasteiger charge is 2.42. The minimum Gasteiger partial charge on any atom is -0.503 e. The van der Waals surface area contributed by atoms with Crippen LogP contribution in [0.15, 0.2) is 36.1 Å². The lowest BCUT2D eigenvalue weighted by Gasteiger charge is -2.19. The van der Waals surface area contributed by atoms with Crippen LogP contribution in [-0.2, 0) is 14.3 Å². The van der Waals surface area contributed by atoms with Crippen molar-refractivity contribution in [2.24, 2.45) is 0 Å². The number of carbonyl (C=O) groups is 2. The second-order valence-electron chi connectivity index (χ2n) is 3.97. The average Bonchev–Trinajstić information content (AvgIpc) is 2.63. The maximum atomic E-state index is 11.7. The average molecular weight is 247 g/mol. The van der Waals surface area contributed by atoms with Crippen molar-refractivity contribution in [2.45, 2.75) is 6.04 Å². The van der Waals surface area contributed by atoms with E-state index in [1.54, 1.807) is 24.3 Å². The summed E-state index contributed by atoms with van der Waals surface area (Å²) in [6, 6.07) is 7.92. The molecule has 1 heterocycles. The van der Waals surface area contributed by atoms with E-state index in [1.165, 1.54) is 19.1 Å². The van der Waals surface area contributed by atoms with Crippen LogP contribution in [0, 0.1) is 0 Å². The molecule has 1 amide bonds. The quantitative estimate of drug-likeness (QED) is 0.791. The van der Waals surface area contributed by atoms with E-state index in [4.69, 9.17) is 0 Å². The third kappa shape index (κ3) is 1.73. The van der Waals surface area contributed by atoms with Gasteiger partial charge in [-0.25, -0.2) is 4.79 Å². The molecule has 18 heavy (non-hydrogen) atoms. The van der Waals surface area contributed by atoms with Crippen molar-refractivity contribution in [1.82, 2.24) is 4.90 Å². The number of carbonyl (C=O) groups excluding carboxylic acids is 2. The van der Waals surface area contributed by atoms with Gasteiger partial charge in [-0.2, -0.15) is 0 Å². The first-order chi connectivity index (χ1) is 8.57. The van der Waals surface area contributed by atoms with Crippen LogP contribution in [0.25, 0.3) is 5.57 Å². The number of nitrogens with zero attached hydrogens (tertiary/aromatic N) is 1. The van der Waals surface area contributed by atoms with E-state index in [9.17, 15) is 14.7 Å². The molecule has 1 aliphatic rings. The highest BCUT2D eigenvalue weighted by molar-refractivity contribution is 6.11. The third-order valence-corrected chi connectivity index (χ3v) is 2.95. The van der Waals surface area contributed by atoms with Crippen molar-refractivity contribution in [3.05, 3.63) is 41.7 Å². The molecule has 1 atom stereocenters. The molecule has 1 aliphatic heterocycles. The summed E-state index contributed by atoms with van der Waals surface area (Å²) < 4.78 is 4.67. The fourth-order valence-corrected chi connectivity index (χ4v) is 2.02. The van der Waals surface area contributed by atoms with Gasteiger partial charge in [-0.15, -0.1) is 0 Å². The van der Waals surface area contributed by atoms with Gasteiger partial charge >= 0.3 is 5.97 Å². The van der Waals surface area contributed by atoms with E-state index < -0.39 is 23.7 Å². The molecule has 0 unspecified atom stereocenters. The third-order valence-electron chi connectivity index (χ3n) is 2.95. The number of aliphatic hydroxyl groups excluding tert-OH is 1. The summed E-state index contributed by atoms with van der Waals surface area (Å²) in [4.78, 5) is 24.6. The lowest BCUT2D eigenvalue weighted by molar-refractivity contribution is -0.147. The van der Waals surface area contributed by atoms with Crippen LogP contribution >= 0.6 is 0 Å². The second-order valence-corrected chi connectivity index (χ2v) is 3.97. The van der Waals surface area contributed by atoms with Gasteiger partial charge in [0, 0.05) is 12.6 Å². The molecule has 1 aromatic rings. The van der Waals surface area contributed by atoms with Crippen molar-refractivity contribution < 1.29 is 19.4 Å². The molecule has 0 fully saturated rings. The zero-order valence-corrected chi connectivity index (χ0v) is 10.1. The minimum atomic E-state index is -0.898. The standard InChI is InChI=1S/C13H13NO4/c1-14-10(13(17)18-2)9(11(15)12(14)16)8-6-4-3-5-7-8/h3-7,10,15H,1-2H3/t10-/m0/s1. The summed E-state index contributed by atoms with van der Waals surface area (Å²) >= 11 is 0. The molecular formula is C13H13NO4. The Bertz CT molecular complexity index is 521. The number of ether oxygens (including phenoxy) is 1. The van der Waals surface area contributed by atoms with Crippen molar-refractivity contribution in [3.8, 4) is 0 Å². The summed E-state index contributed by atoms with van der Waals surface area (Å²) in [6.45, 7) is 0. The Morgan fingerprint density at radius 2 is 1.94 bits per heavy atom. The van der Waals surface area contributed by atoms with Crippen LogP contribution in [0.1, 0.15) is 5.56 Å². The van der Waals surface area contributed by atoms with Crippen molar-refractivity contribution in [1.29, 1.82) is 0 Å². The van der Waals surface area contributed by atoms with E-state index in [0.717, 1.165) is 0 Å². The lowest BCUT2D eigenvalue weighted by atomic mass is 9.99. The zero-order chi connectivity index (χ0) is 13.3.